The lowest BCUT2D eigenvalue weighted by atomic mass is 10.2. The van der Waals surface area contributed by atoms with E-state index in [1.54, 1.807) is 43.5 Å². The summed E-state index contributed by atoms with van der Waals surface area (Å²) in [4.78, 5) is 20.3. The highest BCUT2D eigenvalue weighted by Gasteiger charge is 2.14. The number of benzene rings is 2. The Labute approximate surface area is 175 Å². The molecule has 0 amide bonds. The van der Waals surface area contributed by atoms with Crippen LogP contribution < -0.4 is 20.5 Å². The van der Waals surface area contributed by atoms with Crippen LogP contribution in [0.4, 0.5) is 17.2 Å². The van der Waals surface area contributed by atoms with Gasteiger partial charge in [-0.15, -0.1) is 0 Å². The van der Waals surface area contributed by atoms with Gasteiger partial charge < -0.3 is 25.3 Å². The number of nitrogen functional groups attached to an aromatic ring is 1. The zero-order valence-corrected chi connectivity index (χ0v) is 17.1. The molecule has 0 bridgehead atoms. The van der Waals surface area contributed by atoms with E-state index in [-0.39, 0.29) is 23.5 Å². The second-order valence-electron chi connectivity index (χ2n) is 6.89. The Morgan fingerprint density at radius 3 is 2.43 bits per heavy atom. The molecule has 0 aliphatic heterocycles. The highest BCUT2D eigenvalue weighted by atomic mass is 16.5. The maximum atomic E-state index is 12.0. The molecule has 8 nitrogen and oxygen atoms in total. The highest BCUT2D eigenvalue weighted by Crippen LogP contribution is 2.35. The molecule has 0 saturated carbocycles. The number of ether oxygens (including phenoxy) is 3. The van der Waals surface area contributed by atoms with Crippen LogP contribution in [-0.4, -0.2) is 29.7 Å². The minimum absolute atomic E-state index is 0.200. The standard InChI is InChI=1S/C22H24N4O4/c1-14(2)12-29-22(27)15-8-10-16(11-9-15)26-20-19(23)21(25-13-24-20)30-18-7-5-4-6-17(18)28-3/h4-11,13-14H,12,23H2,1-3H3,(H,24,25,26). The van der Waals surface area contributed by atoms with Gasteiger partial charge in [0.15, 0.2) is 17.3 Å². The van der Waals surface area contributed by atoms with Crippen LogP contribution in [0.1, 0.15) is 24.2 Å². The van der Waals surface area contributed by atoms with Crippen molar-refractivity contribution in [3.05, 3.63) is 60.4 Å². The van der Waals surface area contributed by atoms with E-state index in [1.165, 1.54) is 6.33 Å². The molecular formula is C22H24N4O4. The van der Waals surface area contributed by atoms with Crippen LogP contribution in [0.5, 0.6) is 17.4 Å². The van der Waals surface area contributed by atoms with Crippen LogP contribution in [0.25, 0.3) is 0 Å². The third-order valence-electron chi connectivity index (χ3n) is 4.05. The second-order valence-corrected chi connectivity index (χ2v) is 6.89. The summed E-state index contributed by atoms with van der Waals surface area (Å²) in [6.45, 7) is 4.35. The van der Waals surface area contributed by atoms with Crippen LogP contribution in [0.2, 0.25) is 0 Å². The molecule has 8 heteroatoms. The predicted molar refractivity (Wildman–Crippen MR) is 114 cm³/mol. The Morgan fingerprint density at radius 1 is 1.07 bits per heavy atom. The molecule has 0 saturated heterocycles. The average molecular weight is 408 g/mol. The van der Waals surface area contributed by atoms with Crippen molar-refractivity contribution in [3.8, 4) is 17.4 Å². The average Bonchev–Trinajstić information content (AvgIpc) is 2.75. The number of aromatic nitrogens is 2. The summed E-state index contributed by atoms with van der Waals surface area (Å²) in [5.74, 6) is 1.55. The molecule has 30 heavy (non-hydrogen) atoms. The van der Waals surface area contributed by atoms with Crippen LogP contribution in [0.3, 0.4) is 0 Å². The first-order chi connectivity index (χ1) is 14.5. The molecule has 0 unspecified atom stereocenters. The minimum atomic E-state index is -0.357. The van der Waals surface area contributed by atoms with Crippen molar-refractivity contribution in [2.75, 3.05) is 24.8 Å². The fourth-order valence-electron chi connectivity index (χ4n) is 2.52. The molecule has 0 aliphatic carbocycles. The Bertz CT molecular complexity index is 1010. The maximum absolute atomic E-state index is 12.0. The van der Waals surface area contributed by atoms with E-state index in [9.17, 15) is 4.79 Å². The van der Waals surface area contributed by atoms with Crippen LogP contribution in [0, 0.1) is 5.92 Å². The van der Waals surface area contributed by atoms with Gasteiger partial charge in [-0.05, 0) is 42.3 Å². The molecule has 2 aromatic carbocycles. The van der Waals surface area contributed by atoms with Crippen molar-refractivity contribution in [3.63, 3.8) is 0 Å². The Balaban J connectivity index is 1.73. The van der Waals surface area contributed by atoms with Crippen molar-refractivity contribution in [1.29, 1.82) is 0 Å². The van der Waals surface area contributed by atoms with Gasteiger partial charge in [-0.25, -0.2) is 9.78 Å². The molecule has 3 N–H and O–H groups in total. The molecule has 3 aromatic rings. The van der Waals surface area contributed by atoms with E-state index in [1.807, 2.05) is 26.0 Å². The van der Waals surface area contributed by atoms with Crippen molar-refractivity contribution < 1.29 is 19.0 Å². The van der Waals surface area contributed by atoms with E-state index < -0.39 is 0 Å². The lowest BCUT2D eigenvalue weighted by Crippen LogP contribution is -2.10. The van der Waals surface area contributed by atoms with Crippen molar-refractivity contribution >= 4 is 23.2 Å². The molecule has 156 valence electrons. The number of nitrogens with two attached hydrogens (primary N) is 1. The van der Waals surface area contributed by atoms with E-state index in [2.05, 4.69) is 15.3 Å². The van der Waals surface area contributed by atoms with Gasteiger partial charge in [0.1, 0.15) is 12.0 Å². The molecule has 0 aliphatic rings. The summed E-state index contributed by atoms with van der Waals surface area (Å²) in [7, 11) is 1.56. The summed E-state index contributed by atoms with van der Waals surface area (Å²) in [6, 6.07) is 14.0. The summed E-state index contributed by atoms with van der Waals surface area (Å²) in [5.41, 5.74) is 7.60. The van der Waals surface area contributed by atoms with Gasteiger partial charge in [0.2, 0.25) is 5.88 Å². The smallest absolute Gasteiger partial charge is 0.338 e. The van der Waals surface area contributed by atoms with Crippen LogP contribution in [-0.2, 0) is 4.74 Å². The maximum Gasteiger partial charge on any atom is 0.338 e. The third kappa shape index (κ3) is 5.16. The molecule has 0 atom stereocenters. The van der Waals surface area contributed by atoms with E-state index in [4.69, 9.17) is 19.9 Å². The number of nitrogens with zero attached hydrogens (tertiary/aromatic N) is 2. The normalized spacial score (nSPS) is 10.5. The molecular weight excluding hydrogens is 384 g/mol. The molecule has 0 fully saturated rings. The first-order valence-corrected chi connectivity index (χ1v) is 9.43. The number of methoxy groups -OCH3 is 1. The van der Waals surface area contributed by atoms with Crippen molar-refractivity contribution in [1.82, 2.24) is 9.97 Å². The topological polar surface area (TPSA) is 109 Å². The quantitative estimate of drug-likeness (QED) is 0.528. The third-order valence-corrected chi connectivity index (χ3v) is 4.05. The Morgan fingerprint density at radius 2 is 1.77 bits per heavy atom. The number of para-hydroxylation sites is 2. The van der Waals surface area contributed by atoms with E-state index in [0.717, 1.165) is 0 Å². The number of nitrogens with one attached hydrogen (secondary N) is 1. The fourth-order valence-corrected chi connectivity index (χ4v) is 2.52. The molecule has 0 radical (unpaired) electrons. The largest absolute Gasteiger partial charge is 0.493 e. The zero-order chi connectivity index (χ0) is 21.5. The number of hydrogen-bond acceptors (Lipinski definition) is 8. The molecule has 3 rings (SSSR count). The number of esters is 1. The van der Waals surface area contributed by atoms with Gasteiger partial charge in [-0.2, -0.15) is 4.98 Å². The van der Waals surface area contributed by atoms with Crippen LogP contribution >= 0.6 is 0 Å². The number of carbonyl (C=O) groups is 1. The van der Waals surface area contributed by atoms with Crippen molar-refractivity contribution in [2.45, 2.75) is 13.8 Å². The van der Waals surface area contributed by atoms with Crippen molar-refractivity contribution in [2.24, 2.45) is 5.92 Å². The Kier molecular flexibility index (Phi) is 6.69. The minimum Gasteiger partial charge on any atom is -0.493 e. The number of carbonyl (C=O) groups excluding carboxylic acids is 1. The second kappa shape index (κ2) is 9.60. The first kappa shape index (κ1) is 20.9. The predicted octanol–water partition coefficient (Wildman–Crippen LogP) is 4.42. The monoisotopic (exact) mass is 408 g/mol. The van der Waals surface area contributed by atoms with Gasteiger partial charge in [0.25, 0.3) is 0 Å². The Hall–Kier alpha value is -3.81. The van der Waals surface area contributed by atoms with E-state index >= 15 is 0 Å². The van der Waals surface area contributed by atoms with Crippen LogP contribution in [0.15, 0.2) is 54.9 Å². The van der Waals surface area contributed by atoms with Gasteiger partial charge >= 0.3 is 5.97 Å². The zero-order valence-electron chi connectivity index (χ0n) is 17.1. The summed E-state index contributed by atoms with van der Waals surface area (Å²) >= 11 is 0. The van der Waals surface area contributed by atoms with Gasteiger partial charge in [0, 0.05) is 5.69 Å². The molecule has 1 aromatic heterocycles. The lowest BCUT2D eigenvalue weighted by Gasteiger charge is -2.13. The first-order valence-electron chi connectivity index (χ1n) is 9.43. The number of anilines is 3. The fraction of sp³-hybridized carbons (Fsp3) is 0.227. The van der Waals surface area contributed by atoms with Gasteiger partial charge in [-0.3, -0.25) is 0 Å². The number of hydrogen-bond donors (Lipinski definition) is 2. The molecule has 1 heterocycles. The van der Waals surface area contributed by atoms with Gasteiger partial charge in [0.05, 0.1) is 19.3 Å². The van der Waals surface area contributed by atoms with Gasteiger partial charge in [-0.1, -0.05) is 26.0 Å². The molecule has 0 spiro atoms. The SMILES string of the molecule is COc1ccccc1Oc1ncnc(Nc2ccc(C(=O)OCC(C)C)cc2)c1N. The highest BCUT2D eigenvalue weighted by molar-refractivity contribution is 5.90. The summed E-state index contributed by atoms with van der Waals surface area (Å²) in [5, 5.41) is 3.10. The summed E-state index contributed by atoms with van der Waals surface area (Å²) < 4.78 is 16.3. The lowest BCUT2D eigenvalue weighted by molar-refractivity contribution is 0.0459. The van der Waals surface area contributed by atoms with E-state index in [0.29, 0.717) is 35.2 Å². The number of rotatable bonds is 8. The summed E-state index contributed by atoms with van der Waals surface area (Å²) in [6.07, 6.45) is 1.35.